The van der Waals surface area contributed by atoms with Gasteiger partial charge in [0, 0.05) is 32.4 Å². The van der Waals surface area contributed by atoms with Crippen molar-refractivity contribution in [3.63, 3.8) is 0 Å². The monoisotopic (exact) mass is 316 g/mol. The molecule has 1 saturated heterocycles. The van der Waals surface area contributed by atoms with E-state index in [1.165, 1.54) is 16.7 Å². The Morgan fingerprint density at radius 3 is 2.52 bits per heavy atom. The van der Waals surface area contributed by atoms with Crippen LogP contribution in [0.3, 0.4) is 0 Å². The van der Waals surface area contributed by atoms with Crippen LogP contribution in [0.15, 0.2) is 22.4 Å². The highest BCUT2D eigenvalue weighted by Gasteiger charge is 2.37. The molecule has 1 fully saturated rings. The van der Waals surface area contributed by atoms with E-state index in [0.29, 0.717) is 26.2 Å². The predicted octanol–water partition coefficient (Wildman–Crippen LogP) is -0.759. The molecule has 0 bridgehead atoms. The largest absolute Gasteiger partial charge is 0.409 e. The molecule has 0 saturated carbocycles. The Bertz CT molecular complexity index is 602. The summed E-state index contributed by atoms with van der Waals surface area (Å²) in [5, 5.41) is 18.1. The highest BCUT2D eigenvalue weighted by molar-refractivity contribution is 7.89. The molecule has 9 nitrogen and oxygen atoms in total. The van der Waals surface area contributed by atoms with Gasteiger partial charge in [0.05, 0.1) is 11.7 Å². The summed E-state index contributed by atoms with van der Waals surface area (Å²) in [5.74, 6) is 0.105. The Labute approximate surface area is 123 Å². The number of nitrogens with two attached hydrogens (primary N) is 1. The Morgan fingerprint density at radius 2 is 2.05 bits per heavy atom. The Kier molecular flexibility index (Phi) is 4.21. The second-order valence-corrected chi connectivity index (χ2v) is 7.31. The first-order valence-corrected chi connectivity index (χ1v) is 7.96. The van der Waals surface area contributed by atoms with Crippen LogP contribution in [0.5, 0.6) is 0 Å². The van der Waals surface area contributed by atoms with Crippen LogP contribution >= 0.6 is 0 Å². The molecular formula is C11H20N6O3S. The number of aromatic nitrogens is 2. The van der Waals surface area contributed by atoms with Crippen LogP contribution in [0, 0.1) is 0 Å². The number of hydrogen-bond donors (Lipinski definition) is 3. The maximum atomic E-state index is 12.4. The normalized spacial score (nSPS) is 19.8. The van der Waals surface area contributed by atoms with Gasteiger partial charge in [-0.15, -0.1) is 0 Å². The predicted molar refractivity (Wildman–Crippen MR) is 76.4 cm³/mol. The zero-order chi connectivity index (χ0) is 15.7. The second kappa shape index (κ2) is 5.62. The van der Waals surface area contributed by atoms with E-state index in [0.717, 1.165) is 0 Å². The number of piperazine rings is 1. The topological polar surface area (TPSA) is 128 Å². The zero-order valence-corrected chi connectivity index (χ0v) is 12.8. The molecular weight excluding hydrogens is 296 g/mol. The fourth-order valence-corrected chi connectivity index (χ4v) is 3.63. The van der Waals surface area contributed by atoms with E-state index in [-0.39, 0.29) is 10.7 Å². The molecule has 0 atom stereocenters. The molecule has 0 radical (unpaired) electrons. The van der Waals surface area contributed by atoms with Crippen LogP contribution < -0.4 is 5.73 Å². The van der Waals surface area contributed by atoms with Gasteiger partial charge in [-0.05, 0) is 13.8 Å². The van der Waals surface area contributed by atoms with Gasteiger partial charge in [-0.3, -0.25) is 10.00 Å². The third kappa shape index (κ3) is 2.87. The highest BCUT2D eigenvalue weighted by Crippen LogP contribution is 2.21. The first-order valence-electron chi connectivity index (χ1n) is 6.52. The van der Waals surface area contributed by atoms with Crippen LogP contribution in [0.1, 0.15) is 13.8 Å². The van der Waals surface area contributed by atoms with E-state index in [4.69, 9.17) is 10.9 Å². The number of H-pyrrole nitrogens is 1. The van der Waals surface area contributed by atoms with Gasteiger partial charge in [0.15, 0.2) is 5.84 Å². The molecule has 2 heterocycles. The number of nitrogens with zero attached hydrogens (tertiary/aromatic N) is 4. The van der Waals surface area contributed by atoms with Crippen LogP contribution in [-0.4, -0.2) is 70.6 Å². The first-order chi connectivity index (χ1) is 9.80. The molecule has 0 amide bonds. The quantitative estimate of drug-likeness (QED) is 0.290. The summed E-state index contributed by atoms with van der Waals surface area (Å²) in [4.78, 5) is 2.15. The second-order valence-electron chi connectivity index (χ2n) is 5.37. The number of nitrogens with one attached hydrogen (secondary N) is 1. The number of hydrogen-bond acceptors (Lipinski definition) is 6. The van der Waals surface area contributed by atoms with Gasteiger partial charge in [-0.25, -0.2) is 8.42 Å². The fourth-order valence-electron chi connectivity index (χ4n) is 2.30. The van der Waals surface area contributed by atoms with E-state index in [1.807, 2.05) is 18.7 Å². The van der Waals surface area contributed by atoms with Gasteiger partial charge in [0.2, 0.25) is 10.0 Å². The Balaban J connectivity index is 2.08. The minimum absolute atomic E-state index is 0.105. The molecule has 1 aliphatic heterocycles. The molecule has 0 spiro atoms. The molecule has 21 heavy (non-hydrogen) atoms. The highest BCUT2D eigenvalue weighted by atomic mass is 32.2. The summed E-state index contributed by atoms with van der Waals surface area (Å²) in [6.45, 7) is 5.36. The van der Waals surface area contributed by atoms with Crippen molar-refractivity contribution in [2.45, 2.75) is 24.3 Å². The van der Waals surface area contributed by atoms with E-state index in [9.17, 15) is 8.42 Å². The molecule has 1 aromatic rings. The SMILES string of the molecule is CC(C)(C(N)=NO)N1CCN(S(=O)(=O)c2cn[nH]c2)CC1. The number of aromatic amines is 1. The molecule has 1 aromatic heterocycles. The molecule has 118 valence electrons. The average molecular weight is 316 g/mol. The van der Waals surface area contributed by atoms with Gasteiger partial charge in [0.25, 0.3) is 0 Å². The van der Waals surface area contributed by atoms with Gasteiger partial charge in [0.1, 0.15) is 4.90 Å². The number of oxime groups is 1. The minimum atomic E-state index is -3.51. The maximum absolute atomic E-state index is 12.4. The van der Waals surface area contributed by atoms with Crippen molar-refractivity contribution in [3.8, 4) is 0 Å². The van der Waals surface area contributed by atoms with Crippen molar-refractivity contribution in [1.82, 2.24) is 19.4 Å². The van der Waals surface area contributed by atoms with Crippen LogP contribution in [0.4, 0.5) is 0 Å². The molecule has 10 heteroatoms. The van der Waals surface area contributed by atoms with Crippen LogP contribution in [0.2, 0.25) is 0 Å². The van der Waals surface area contributed by atoms with Crippen molar-refractivity contribution < 1.29 is 13.6 Å². The third-order valence-electron chi connectivity index (χ3n) is 3.87. The van der Waals surface area contributed by atoms with E-state index < -0.39 is 15.6 Å². The van der Waals surface area contributed by atoms with Crippen molar-refractivity contribution in [3.05, 3.63) is 12.4 Å². The molecule has 1 aliphatic rings. The summed E-state index contributed by atoms with van der Waals surface area (Å²) >= 11 is 0. The summed E-state index contributed by atoms with van der Waals surface area (Å²) in [7, 11) is -3.51. The Hall–Kier alpha value is -1.65. The lowest BCUT2D eigenvalue weighted by molar-refractivity contribution is 0.119. The maximum Gasteiger partial charge on any atom is 0.246 e. The van der Waals surface area contributed by atoms with Gasteiger partial charge < -0.3 is 10.9 Å². The van der Waals surface area contributed by atoms with Gasteiger partial charge >= 0.3 is 0 Å². The van der Waals surface area contributed by atoms with E-state index in [2.05, 4.69) is 15.4 Å². The zero-order valence-electron chi connectivity index (χ0n) is 12.0. The number of amidine groups is 1. The number of rotatable bonds is 4. The van der Waals surface area contributed by atoms with Gasteiger partial charge in [-0.2, -0.15) is 9.40 Å². The Morgan fingerprint density at radius 1 is 1.43 bits per heavy atom. The lowest BCUT2D eigenvalue weighted by Crippen LogP contribution is -2.60. The third-order valence-corrected chi connectivity index (χ3v) is 5.74. The summed E-state index contributed by atoms with van der Waals surface area (Å²) in [6, 6.07) is 0. The first kappa shape index (κ1) is 15.7. The molecule has 0 aromatic carbocycles. The lowest BCUT2D eigenvalue weighted by atomic mass is 10.0. The van der Waals surface area contributed by atoms with Crippen molar-refractivity contribution in [1.29, 1.82) is 0 Å². The van der Waals surface area contributed by atoms with Crippen molar-refractivity contribution in [2.75, 3.05) is 26.2 Å². The summed E-state index contributed by atoms with van der Waals surface area (Å²) in [6.07, 6.45) is 2.66. The van der Waals surface area contributed by atoms with Crippen LogP contribution in [-0.2, 0) is 10.0 Å². The molecule has 4 N–H and O–H groups in total. The van der Waals surface area contributed by atoms with Crippen molar-refractivity contribution >= 4 is 15.9 Å². The smallest absolute Gasteiger partial charge is 0.246 e. The lowest BCUT2D eigenvalue weighted by Gasteiger charge is -2.42. The average Bonchev–Trinajstić information content (AvgIpc) is 3.01. The van der Waals surface area contributed by atoms with Crippen LogP contribution in [0.25, 0.3) is 0 Å². The minimum Gasteiger partial charge on any atom is -0.409 e. The number of sulfonamides is 1. The van der Waals surface area contributed by atoms with Crippen molar-refractivity contribution in [2.24, 2.45) is 10.9 Å². The molecule has 0 aliphatic carbocycles. The van der Waals surface area contributed by atoms with Gasteiger partial charge in [-0.1, -0.05) is 5.16 Å². The standard InChI is InChI=1S/C11H20N6O3S/c1-11(2,10(12)15-18)16-3-5-17(6-4-16)21(19,20)9-7-13-14-8-9/h7-8,18H,3-6H2,1-2H3,(H2,12,15)(H,13,14). The molecule has 0 unspecified atom stereocenters. The summed E-state index contributed by atoms with van der Waals surface area (Å²) in [5.41, 5.74) is 5.07. The van der Waals surface area contributed by atoms with E-state index >= 15 is 0 Å². The molecule has 2 rings (SSSR count). The summed E-state index contributed by atoms with van der Waals surface area (Å²) < 4.78 is 26.1. The fraction of sp³-hybridized carbons (Fsp3) is 0.636. The van der Waals surface area contributed by atoms with E-state index in [1.54, 1.807) is 0 Å².